The van der Waals surface area contributed by atoms with E-state index in [1.165, 1.54) is 25.3 Å². The van der Waals surface area contributed by atoms with Gasteiger partial charge in [0.25, 0.3) is 11.8 Å². The van der Waals surface area contributed by atoms with Gasteiger partial charge in [-0.25, -0.2) is 4.79 Å². The van der Waals surface area contributed by atoms with Crippen LogP contribution in [-0.2, 0) is 4.74 Å². The molecule has 0 fully saturated rings. The van der Waals surface area contributed by atoms with Crippen LogP contribution in [0.4, 0.5) is 0 Å². The molecule has 2 amide bonds. The number of esters is 1. The maximum Gasteiger partial charge on any atom is 0.337 e. The standard InChI is InChI=1S/C18H16IN3O5S/c1-26-14-7-6-11(9-13(14)19)16(24)21-22-18(28)20-15(23)10-4-3-5-12(8-10)17(25)27-2/h3-9H,1-2H3,(H,21,24)(H2,20,22,23,28). The van der Waals surface area contributed by atoms with Crippen molar-refractivity contribution in [1.29, 1.82) is 0 Å². The molecule has 0 aliphatic heterocycles. The summed E-state index contributed by atoms with van der Waals surface area (Å²) in [6.45, 7) is 0. The first-order valence-corrected chi connectivity index (χ1v) is 9.28. The lowest BCUT2D eigenvalue weighted by molar-refractivity contribution is 0.0600. The first-order chi connectivity index (χ1) is 13.3. The Bertz CT molecular complexity index is 935. The van der Waals surface area contributed by atoms with E-state index >= 15 is 0 Å². The lowest BCUT2D eigenvalue weighted by Crippen LogP contribution is -2.48. The minimum Gasteiger partial charge on any atom is -0.496 e. The molecule has 3 N–H and O–H groups in total. The largest absolute Gasteiger partial charge is 0.496 e. The predicted octanol–water partition coefficient (Wildman–Crippen LogP) is 2.04. The average molecular weight is 513 g/mol. The quantitative estimate of drug-likeness (QED) is 0.249. The molecule has 2 rings (SSSR count). The smallest absolute Gasteiger partial charge is 0.337 e. The van der Waals surface area contributed by atoms with Crippen molar-refractivity contribution in [2.75, 3.05) is 14.2 Å². The first-order valence-electron chi connectivity index (χ1n) is 7.79. The van der Waals surface area contributed by atoms with Crippen LogP contribution < -0.4 is 20.9 Å². The van der Waals surface area contributed by atoms with Gasteiger partial charge in [-0.3, -0.25) is 25.8 Å². The Kier molecular flexibility index (Phi) is 7.70. The summed E-state index contributed by atoms with van der Waals surface area (Å²) in [5.74, 6) is -0.889. The fourth-order valence-electron chi connectivity index (χ4n) is 2.11. The van der Waals surface area contributed by atoms with Gasteiger partial charge in [0.2, 0.25) is 0 Å². The molecular formula is C18H16IN3O5S. The molecule has 0 atom stereocenters. The van der Waals surface area contributed by atoms with Gasteiger partial charge >= 0.3 is 5.97 Å². The van der Waals surface area contributed by atoms with Gasteiger partial charge in [-0.05, 0) is 71.2 Å². The molecule has 0 aromatic heterocycles. The van der Waals surface area contributed by atoms with Crippen molar-refractivity contribution in [2.24, 2.45) is 0 Å². The van der Waals surface area contributed by atoms with Crippen LogP contribution in [0.1, 0.15) is 31.1 Å². The highest BCUT2D eigenvalue weighted by molar-refractivity contribution is 14.1. The summed E-state index contributed by atoms with van der Waals surface area (Å²) in [7, 11) is 2.79. The summed E-state index contributed by atoms with van der Waals surface area (Å²) >= 11 is 7.05. The lowest BCUT2D eigenvalue weighted by Gasteiger charge is -2.12. The molecule has 0 bridgehead atoms. The topological polar surface area (TPSA) is 106 Å². The number of amides is 2. The second-order valence-electron chi connectivity index (χ2n) is 5.28. The third-order valence-corrected chi connectivity index (χ3v) is 4.52. The third kappa shape index (κ3) is 5.63. The van der Waals surface area contributed by atoms with E-state index < -0.39 is 17.8 Å². The zero-order valence-corrected chi connectivity index (χ0v) is 17.8. The van der Waals surface area contributed by atoms with Crippen LogP contribution in [0.25, 0.3) is 0 Å². The van der Waals surface area contributed by atoms with Crippen molar-refractivity contribution >= 4 is 57.7 Å². The molecule has 0 spiro atoms. The van der Waals surface area contributed by atoms with E-state index in [0.717, 1.165) is 3.57 Å². The molecule has 10 heteroatoms. The lowest BCUT2D eigenvalue weighted by atomic mass is 10.1. The van der Waals surface area contributed by atoms with Crippen molar-refractivity contribution in [2.45, 2.75) is 0 Å². The van der Waals surface area contributed by atoms with Gasteiger partial charge in [0.1, 0.15) is 5.75 Å². The van der Waals surface area contributed by atoms with E-state index in [9.17, 15) is 14.4 Å². The van der Waals surface area contributed by atoms with Gasteiger partial charge in [0.05, 0.1) is 23.4 Å². The fraction of sp³-hybridized carbons (Fsp3) is 0.111. The van der Waals surface area contributed by atoms with Crippen LogP contribution in [-0.4, -0.2) is 37.1 Å². The summed E-state index contributed by atoms with van der Waals surface area (Å²) in [6, 6.07) is 10.9. The van der Waals surface area contributed by atoms with Gasteiger partial charge < -0.3 is 9.47 Å². The van der Waals surface area contributed by atoms with Crippen LogP contribution >= 0.6 is 34.8 Å². The van der Waals surface area contributed by atoms with Crippen LogP contribution in [0, 0.1) is 3.57 Å². The molecule has 8 nitrogen and oxygen atoms in total. The van der Waals surface area contributed by atoms with E-state index in [-0.39, 0.29) is 16.2 Å². The molecule has 0 saturated heterocycles. The Morgan fingerprint density at radius 1 is 0.929 bits per heavy atom. The molecule has 28 heavy (non-hydrogen) atoms. The molecule has 2 aromatic carbocycles. The molecule has 0 heterocycles. The zero-order chi connectivity index (χ0) is 20.7. The van der Waals surface area contributed by atoms with E-state index in [4.69, 9.17) is 17.0 Å². The van der Waals surface area contributed by atoms with Crippen molar-refractivity contribution < 1.29 is 23.9 Å². The Morgan fingerprint density at radius 2 is 1.61 bits per heavy atom. The van der Waals surface area contributed by atoms with Crippen molar-refractivity contribution in [3.8, 4) is 5.75 Å². The van der Waals surface area contributed by atoms with Crippen LogP contribution in [0.15, 0.2) is 42.5 Å². The van der Waals surface area contributed by atoms with Gasteiger partial charge in [0.15, 0.2) is 5.11 Å². The van der Waals surface area contributed by atoms with Gasteiger partial charge in [-0.1, -0.05) is 6.07 Å². The van der Waals surface area contributed by atoms with Crippen LogP contribution in [0.3, 0.4) is 0 Å². The number of hydrogen-bond acceptors (Lipinski definition) is 6. The second-order valence-corrected chi connectivity index (χ2v) is 6.85. The summed E-state index contributed by atoms with van der Waals surface area (Å²) in [6.07, 6.45) is 0. The van der Waals surface area contributed by atoms with Crippen LogP contribution in [0.2, 0.25) is 0 Å². The number of halogens is 1. The Hall–Kier alpha value is -2.73. The Morgan fingerprint density at radius 3 is 2.25 bits per heavy atom. The van der Waals surface area contributed by atoms with Gasteiger partial charge in [0, 0.05) is 11.1 Å². The summed E-state index contributed by atoms with van der Waals surface area (Å²) in [5.41, 5.74) is 5.68. The molecule has 0 radical (unpaired) electrons. The third-order valence-electron chi connectivity index (χ3n) is 3.48. The number of benzene rings is 2. The predicted molar refractivity (Wildman–Crippen MR) is 114 cm³/mol. The second kappa shape index (κ2) is 9.99. The highest BCUT2D eigenvalue weighted by atomic mass is 127. The number of thiocarbonyl (C=S) groups is 1. The monoisotopic (exact) mass is 513 g/mol. The van der Waals surface area contributed by atoms with E-state index in [1.54, 1.807) is 31.4 Å². The minimum atomic E-state index is -0.559. The Balaban J connectivity index is 1.93. The number of ether oxygens (including phenoxy) is 2. The summed E-state index contributed by atoms with van der Waals surface area (Å²) < 4.78 is 10.5. The Labute approximate surface area is 180 Å². The van der Waals surface area contributed by atoms with Crippen LogP contribution in [0.5, 0.6) is 5.75 Å². The molecule has 0 aliphatic rings. The minimum absolute atomic E-state index is 0.106. The molecule has 0 unspecified atom stereocenters. The maximum absolute atomic E-state index is 12.2. The van der Waals surface area contributed by atoms with E-state index in [0.29, 0.717) is 11.3 Å². The number of nitrogens with one attached hydrogen (secondary N) is 3. The number of methoxy groups -OCH3 is 2. The highest BCUT2D eigenvalue weighted by Gasteiger charge is 2.13. The van der Waals surface area contributed by atoms with Crippen molar-refractivity contribution in [3.05, 3.63) is 62.7 Å². The number of rotatable bonds is 4. The number of carbonyl (C=O) groups excluding carboxylic acids is 3. The molecule has 2 aromatic rings. The SMILES string of the molecule is COC(=O)c1cccc(C(=O)NC(=S)NNC(=O)c2ccc(OC)c(I)c2)c1. The van der Waals surface area contributed by atoms with Crippen molar-refractivity contribution in [1.82, 2.24) is 16.2 Å². The molecule has 146 valence electrons. The summed E-state index contributed by atoms with van der Waals surface area (Å²) in [4.78, 5) is 35.9. The van der Waals surface area contributed by atoms with E-state index in [1.807, 2.05) is 0 Å². The summed E-state index contributed by atoms with van der Waals surface area (Å²) in [5, 5.41) is 2.30. The van der Waals surface area contributed by atoms with Gasteiger partial charge in [-0.2, -0.15) is 0 Å². The average Bonchev–Trinajstić information content (AvgIpc) is 2.71. The fourth-order valence-corrected chi connectivity index (χ4v) is 2.98. The number of carbonyl (C=O) groups is 3. The number of hydrogen-bond donors (Lipinski definition) is 3. The zero-order valence-electron chi connectivity index (χ0n) is 14.9. The maximum atomic E-state index is 12.2. The van der Waals surface area contributed by atoms with Crippen molar-refractivity contribution in [3.63, 3.8) is 0 Å². The first kappa shape index (κ1) is 21.6. The van der Waals surface area contributed by atoms with Gasteiger partial charge in [-0.15, -0.1) is 0 Å². The number of hydrazine groups is 1. The normalized spacial score (nSPS) is 9.82. The molecule has 0 saturated carbocycles. The molecule has 0 aliphatic carbocycles. The molecular weight excluding hydrogens is 497 g/mol. The highest BCUT2D eigenvalue weighted by Crippen LogP contribution is 2.21. The van der Waals surface area contributed by atoms with E-state index in [2.05, 4.69) is 43.5 Å².